The smallest absolute Gasteiger partial charge is 0.405 e. The molecule has 1 aliphatic heterocycles. The average Bonchev–Trinajstić information content (AvgIpc) is 2.59. The number of benzene rings is 1. The summed E-state index contributed by atoms with van der Waals surface area (Å²) in [5.74, 6) is -1.08. The number of carbonyl (C=O) groups is 2. The zero-order valence-electron chi connectivity index (χ0n) is 10.7. The van der Waals surface area contributed by atoms with E-state index in [2.05, 4.69) is 26.0 Å². The van der Waals surface area contributed by atoms with E-state index in [1.54, 1.807) is 0 Å². The SMILES string of the molecule is CN1C(=O)CC(Nc2ccc(OC(F)(F)F)c(Br)c2)C1=O. The topological polar surface area (TPSA) is 58.6 Å². The van der Waals surface area contributed by atoms with E-state index >= 15 is 0 Å². The van der Waals surface area contributed by atoms with Gasteiger partial charge >= 0.3 is 6.36 Å². The molecule has 1 aliphatic rings. The van der Waals surface area contributed by atoms with Crippen LogP contribution < -0.4 is 10.1 Å². The molecule has 1 atom stereocenters. The Morgan fingerprint density at radius 2 is 2.05 bits per heavy atom. The molecule has 2 amide bonds. The zero-order chi connectivity index (χ0) is 15.8. The van der Waals surface area contributed by atoms with Crippen LogP contribution in [0.25, 0.3) is 0 Å². The van der Waals surface area contributed by atoms with Gasteiger partial charge in [0.1, 0.15) is 11.8 Å². The lowest BCUT2D eigenvalue weighted by Crippen LogP contribution is -2.31. The highest BCUT2D eigenvalue weighted by Crippen LogP contribution is 2.33. The maximum Gasteiger partial charge on any atom is 0.573 e. The fraction of sp³-hybridized carbons (Fsp3) is 0.333. The molecular formula is C12H10BrF3N2O3. The number of imide groups is 1. The predicted molar refractivity (Wildman–Crippen MR) is 70.6 cm³/mol. The first-order valence-electron chi connectivity index (χ1n) is 5.79. The first kappa shape index (κ1) is 15.6. The Hall–Kier alpha value is -1.77. The van der Waals surface area contributed by atoms with Gasteiger partial charge in [0.05, 0.1) is 10.9 Å². The standard InChI is InChI=1S/C12H10BrF3N2O3/c1-18-10(19)5-8(11(18)20)17-6-2-3-9(7(13)4-6)21-12(14,15)16/h2-4,8,17H,5H2,1H3. The number of alkyl halides is 3. The summed E-state index contributed by atoms with van der Waals surface area (Å²) >= 11 is 2.96. The largest absolute Gasteiger partial charge is 0.573 e. The van der Waals surface area contributed by atoms with Crippen LogP contribution in [0.15, 0.2) is 22.7 Å². The minimum atomic E-state index is -4.78. The van der Waals surface area contributed by atoms with E-state index in [0.717, 1.165) is 11.0 Å². The number of hydrogen-bond acceptors (Lipinski definition) is 4. The van der Waals surface area contributed by atoms with Crippen molar-refractivity contribution in [2.24, 2.45) is 0 Å². The van der Waals surface area contributed by atoms with Crippen molar-refractivity contribution < 1.29 is 27.5 Å². The molecule has 0 aliphatic carbocycles. The van der Waals surface area contributed by atoms with E-state index in [1.807, 2.05) is 0 Å². The second-order valence-electron chi connectivity index (χ2n) is 4.39. The first-order valence-corrected chi connectivity index (χ1v) is 6.59. The molecule has 1 saturated heterocycles. The number of nitrogens with zero attached hydrogens (tertiary/aromatic N) is 1. The van der Waals surface area contributed by atoms with Crippen LogP contribution in [0.2, 0.25) is 0 Å². The Morgan fingerprint density at radius 3 is 2.52 bits per heavy atom. The lowest BCUT2D eigenvalue weighted by molar-refractivity contribution is -0.274. The number of ether oxygens (including phenoxy) is 1. The van der Waals surface area contributed by atoms with Crippen molar-refractivity contribution in [1.29, 1.82) is 0 Å². The van der Waals surface area contributed by atoms with Crippen molar-refractivity contribution in [3.05, 3.63) is 22.7 Å². The second kappa shape index (κ2) is 5.55. The van der Waals surface area contributed by atoms with Gasteiger partial charge in [-0.2, -0.15) is 0 Å². The first-order chi connectivity index (χ1) is 9.67. The number of rotatable bonds is 3. The molecule has 21 heavy (non-hydrogen) atoms. The zero-order valence-corrected chi connectivity index (χ0v) is 12.3. The van der Waals surface area contributed by atoms with Crippen LogP contribution in [-0.2, 0) is 9.59 Å². The summed E-state index contributed by atoms with van der Waals surface area (Å²) in [7, 11) is 1.38. The third kappa shape index (κ3) is 3.66. The minimum absolute atomic E-state index is 0.00769. The third-order valence-corrected chi connectivity index (χ3v) is 3.50. The molecule has 1 heterocycles. The number of anilines is 1. The molecule has 0 saturated carbocycles. The average molecular weight is 367 g/mol. The highest BCUT2D eigenvalue weighted by molar-refractivity contribution is 9.10. The van der Waals surface area contributed by atoms with E-state index in [9.17, 15) is 22.8 Å². The maximum atomic E-state index is 12.1. The summed E-state index contributed by atoms with van der Waals surface area (Å²) in [6.07, 6.45) is -4.78. The van der Waals surface area contributed by atoms with Crippen molar-refractivity contribution in [3.63, 3.8) is 0 Å². The van der Waals surface area contributed by atoms with E-state index in [1.165, 1.54) is 19.2 Å². The molecule has 2 rings (SSSR count). The maximum absolute atomic E-state index is 12.1. The number of nitrogens with one attached hydrogen (secondary N) is 1. The van der Waals surface area contributed by atoms with Crippen LogP contribution in [0.4, 0.5) is 18.9 Å². The summed E-state index contributed by atoms with van der Waals surface area (Å²) in [5.41, 5.74) is 0.401. The lowest BCUT2D eigenvalue weighted by Gasteiger charge is -2.15. The van der Waals surface area contributed by atoms with Crippen molar-refractivity contribution in [2.45, 2.75) is 18.8 Å². The lowest BCUT2D eigenvalue weighted by atomic mass is 10.2. The number of likely N-dealkylation sites (N-methyl/N-ethyl adjacent to an activating group) is 1. The fourth-order valence-electron chi connectivity index (χ4n) is 1.87. The van der Waals surface area contributed by atoms with Gasteiger partial charge in [0.15, 0.2) is 0 Å². The van der Waals surface area contributed by atoms with Gasteiger partial charge in [0, 0.05) is 12.7 Å². The summed E-state index contributed by atoms with van der Waals surface area (Å²) in [4.78, 5) is 24.1. The van der Waals surface area contributed by atoms with Gasteiger partial charge in [-0.05, 0) is 34.1 Å². The summed E-state index contributed by atoms with van der Waals surface area (Å²) in [6.45, 7) is 0. The van der Waals surface area contributed by atoms with Crippen LogP contribution in [0, 0.1) is 0 Å². The molecule has 1 N–H and O–H groups in total. The summed E-state index contributed by atoms with van der Waals surface area (Å²) < 4.78 is 40.3. The summed E-state index contributed by atoms with van der Waals surface area (Å²) in [6, 6.07) is 3.08. The summed E-state index contributed by atoms with van der Waals surface area (Å²) in [5, 5.41) is 2.80. The van der Waals surface area contributed by atoms with Crippen molar-refractivity contribution >= 4 is 33.4 Å². The molecule has 1 aromatic carbocycles. The molecule has 1 unspecified atom stereocenters. The molecule has 114 valence electrons. The number of halogens is 4. The Bertz CT molecular complexity index is 592. The van der Waals surface area contributed by atoms with Crippen LogP contribution in [0.1, 0.15) is 6.42 Å². The Morgan fingerprint density at radius 1 is 1.38 bits per heavy atom. The predicted octanol–water partition coefficient (Wildman–Crippen LogP) is 2.52. The number of amides is 2. The Balaban J connectivity index is 2.11. The molecule has 1 aromatic rings. The van der Waals surface area contributed by atoms with E-state index < -0.39 is 12.4 Å². The third-order valence-electron chi connectivity index (χ3n) is 2.88. The Kier molecular flexibility index (Phi) is 4.13. The highest BCUT2D eigenvalue weighted by atomic mass is 79.9. The molecule has 9 heteroatoms. The molecule has 1 fully saturated rings. The monoisotopic (exact) mass is 366 g/mol. The van der Waals surface area contributed by atoms with Crippen LogP contribution in [0.5, 0.6) is 5.75 Å². The highest BCUT2D eigenvalue weighted by Gasteiger charge is 2.36. The number of carbonyl (C=O) groups excluding carboxylic acids is 2. The van der Waals surface area contributed by atoms with Gasteiger partial charge in [-0.15, -0.1) is 13.2 Å². The van der Waals surface area contributed by atoms with E-state index in [-0.39, 0.29) is 28.5 Å². The van der Waals surface area contributed by atoms with Gasteiger partial charge < -0.3 is 10.1 Å². The fourth-order valence-corrected chi connectivity index (χ4v) is 2.33. The van der Waals surface area contributed by atoms with Gasteiger partial charge in [-0.1, -0.05) is 0 Å². The minimum Gasteiger partial charge on any atom is -0.405 e. The second-order valence-corrected chi connectivity index (χ2v) is 5.24. The molecule has 5 nitrogen and oxygen atoms in total. The molecule has 0 radical (unpaired) electrons. The van der Waals surface area contributed by atoms with Gasteiger partial charge in [-0.3, -0.25) is 14.5 Å². The van der Waals surface area contributed by atoms with Crippen LogP contribution in [0.3, 0.4) is 0 Å². The molecule has 0 aromatic heterocycles. The van der Waals surface area contributed by atoms with E-state index in [4.69, 9.17) is 0 Å². The Labute approximate surface area is 126 Å². The normalized spacial score (nSPS) is 19.1. The molecular weight excluding hydrogens is 357 g/mol. The van der Waals surface area contributed by atoms with Crippen molar-refractivity contribution in [2.75, 3.05) is 12.4 Å². The van der Waals surface area contributed by atoms with Crippen LogP contribution >= 0.6 is 15.9 Å². The number of hydrogen-bond donors (Lipinski definition) is 1. The quantitative estimate of drug-likeness (QED) is 0.835. The van der Waals surface area contributed by atoms with Crippen LogP contribution in [-0.4, -0.2) is 36.2 Å². The van der Waals surface area contributed by atoms with Crippen molar-refractivity contribution in [3.8, 4) is 5.75 Å². The van der Waals surface area contributed by atoms with Gasteiger partial charge in [-0.25, -0.2) is 0 Å². The van der Waals surface area contributed by atoms with E-state index in [0.29, 0.717) is 5.69 Å². The number of likely N-dealkylation sites (tertiary alicyclic amines) is 1. The van der Waals surface area contributed by atoms with Crippen molar-refractivity contribution in [1.82, 2.24) is 4.90 Å². The van der Waals surface area contributed by atoms with Gasteiger partial charge in [0.25, 0.3) is 5.91 Å². The molecule has 0 bridgehead atoms. The van der Waals surface area contributed by atoms with Gasteiger partial charge in [0.2, 0.25) is 5.91 Å². The molecule has 0 spiro atoms.